The van der Waals surface area contributed by atoms with E-state index in [1.165, 1.54) is 0 Å². The van der Waals surface area contributed by atoms with Gasteiger partial charge in [0.2, 0.25) is 5.79 Å². The molecule has 2 aliphatic heterocycles. The number of ether oxygens (including phenoxy) is 2. The van der Waals surface area contributed by atoms with Gasteiger partial charge in [0.15, 0.2) is 0 Å². The first kappa shape index (κ1) is 12.0. The molecular weight excluding hydrogens is 216 g/mol. The molecule has 2 heterocycles. The van der Waals surface area contributed by atoms with Crippen molar-refractivity contribution in [3.63, 3.8) is 0 Å². The Balaban J connectivity index is 1.95. The lowest BCUT2D eigenvalue weighted by Crippen LogP contribution is -2.40. The zero-order valence-corrected chi connectivity index (χ0v) is 9.95. The van der Waals surface area contributed by atoms with Crippen LogP contribution in [0.1, 0.15) is 32.6 Å². The fourth-order valence-corrected chi connectivity index (χ4v) is 2.04. The van der Waals surface area contributed by atoms with Crippen molar-refractivity contribution in [2.45, 2.75) is 44.5 Å². The van der Waals surface area contributed by atoms with Gasteiger partial charge in [0.1, 0.15) is 5.76 Å². The maximum atomic E-state index is 9.39. The first-order valence-corrected chi connectivity index (χ1v) is 5.86. The third kappa shape index (κ3) is 3.03. The van der Waals surface area contributed by atoms with E-state index in [1.807, 2.05) is 0 Å². The van der Waals surface area contributed by atoms with Gasteiger partial charge in [-0.25, -0.2) is 0 Å². The highest BCUT2D eigenvalue weighted by Gasteiger charge is 2.42. The van der Waals surface area contributed by atoms with Crippen molar-refractivity contribution in [3.8, 4) is 23.7 Å². The third-order valence-electron chi connectivity index (χ3n) is 2.96. The Morgan fingerprint density at radius 3 is 3.00 bits per heavy atom. The number of allylic oxidation sites excluding steroid dienone is 2. The summed E-state index contributed by atoms with van der Waals surface area (Å²) in [6, 6.07) is 0. The lowest BCUT2D eigenvalue weighted by Gasteiger charge is -2.34. The predicted molar refractivity (Wildman–Crippen MR) is 63.6 cm³/mol. The monoisotopic (exact) mass is 232 g/mol. The van der Waals surface area contributed by atoms with Crippen molar-refractivity contribution >= 4 is 0 Å². The Hall–Kier alpha value is -1.42. The quantitative estimate of drug-likeness (QED) is 0.644. The Morgan fingerprint density at radius 1 is 1.41 bits per heavy atom. The minimum Gasteiger partial charge on any atom is -0.466 e. The summed E-state index contributed by atoms with van der Waals surface area (Å²) in [7, 11) is 0. The summed E-state index contributed by atoms with van der Waals surface area (Å²) in [5.74, 6) is 11.3. The Bertz CT molecular complexity index is 420. The molecule has 0 radical (unpaired) electrons. The van der Waals surface area contributed by atoms with Crippen molar-refractivity contribution in [3.05, 3.63) is 11.8 Å². The number of aliphatic hydroxyl groups excluding tert-OH is 1. The van der Waals surface area contributed by atoms with Gasteiger partial charge in [-0.2, -0.15) is 0 Å². The van der Waals surface area contributed by atoms with Crippen LogP contribution in [-0.4, -0.2) is 23.6 Å². The molecule has 0 aliphatic carbocycles. The highest BCUT2D eigenvalue weighted by molar-refractivity contribution is 5.31. The topological polar surface area (TPSA) is 38.7 Å². The molecule has 2 atom stereocenters. The summed E-state index contributed by atoms with van der Waals surface area (Å²) in [5.41, 5.74) is 0. The Labute approximate surface area is 102 Å². The van der Waals surface area contributed by atoms with E-state index in [0.717, 1.165) is 31.4 Å². The smallest absolute Gasteiger partial charge is 0.210 e. The van der Waals surface area contributed by atoms with Crippen molar-refractivity contribution in [1.29, 1.82) is 0 Å². The maximum Gasteiger partial charge on any atom is 0.210 e. The first-order valence-electron chi connectivity index (χ1n) is 5.86. The zero-order valence-electron chi connectivity index (χ0n) is 9.95. The van der Waals surface area contributed by atoms with Gasteiger partial charge in [-0.1, -0.05) is 11.8 Å². The highest BCUT2D eigenvalue weighted by Crippen LogP contribution is 2.40. The summed E-state index contributed by atoms with van der Waals surface area (Å²) >= 11 is 0. The molecule has 0 aromatic rings. The van der Waals surface area contributed by atoms with E-state index < -0.39 is 5.79 Å². The van der Waals surface area contributed by atoms with Gasteiger partial charge >= 0.3 is 0 Å². The second-order valence-corrected chi connectivity index (χ2v) is 4.27. The van der Waals surface area contributed by atoms with Crippen molar-refractivity contribution in [2.24, 2.45) is 0 Å². The average Bonchev–Trinajstić information content (AvgIpc) is 2.73. The van der Waals surface area contributed by atoms with Crippen LogP contribution in [0.25, 0.3) is 0 Å². The first-order chi connectivity index (χ1) is 8.24. The molecule has 17 heavy (non-hydrogen) atoms. The molecule has 1 N–H and O–H groups in total. The lowest BCUT2D eigenvalue weighted by molar-refractivity contribution is -0.236. The molecule has 2 aliphatic rings. The number of hydrogen-bond donors (Lipinski definition) is 1. The number of aliphatic hydroxyl groups is 1. The highest BCUT2D eigenvalue weighted by atomic mass is 16.7. The fourth-order valence-electron chi connectivity index (χ4n) is 2.04. The van der Waals surface area contributed by atoms with Gasteiger partial charge in [-0.15, -0.1) is 0 Å². The van der Waals surface area contributed by atoms with Crippen LogP contribution in [0, 0.1) is 23.7 Å². The molecule has 0 aromatic carbocycles. The van der Waals surface area contributed by atoms with E-state index in [0.29, 0.717) is 6.61 Å². The van der Waals surface area contributed by atoms with Crippen LogP contribution in [0.4, 0.5) is 0 Å². The van der Waals surface area contributed by atoms with Crippen molar-refractivity contribution in [1.82, 2.24) is 0 Å². The van der Waals surface area contributed by atoms with E-state index in [1.54, 1.807) is 13.0 Å². The van der Waals surface area contributed by atoms with E-state index in [9.17, 15) is 5.11 Å². The van der Waals surface area contributed by atoms with E-state index in [4.69, 9.17) is 9.47 Å². The van der Waals surface area contributed by atoms with Crippen molar-refractivity contribution in [2.75, 3.05) is 6.61 Å². The largest absolute Gasteiger partial charge is 0.466 e. The lowest BCUT2D eigenvalue weighted by atomic mass is 10.0. The minimum atomic E-state index is -0.511. The van der Waals surface area contributed by atoms with Crippen LogP contribution in [-0.2, 0) is 9.47 Å². The molecule has 0 saturated carbocycles. The maximum absolute atomic E-state index is 9.39. The molecule has 2 saturated heterocycles. The summed E-state index contributed by atoms with van der Waals surface area (Å²) in [5, 5.41) is 9.39. The fraction of sp³-hybridized carbons (Fsp3) is 0.571. The van der Waals surface area contributed by atoms with Gasteiger partial charge in [-0.3, -0.25) is 0 Å². The standard InChI is InChI=1S/C14H16O3/c1-2-3-4-5-6-13-8-10-14(17-13)9-7-12(15)11-16-14/h6,12,15H,7-11H2,1H3. The zero-order chi connectivity index (χ0) is 12.1. The van der Waals surface area contributed by atoms with Crippen LogP contribution < -0.4 is 0 Å². The van der Waals surface area contributed by atoms with Crippen LogP contribution in [0.2, 0.25) is 0 Å². The third-order valence-corrected chi connectivity index (χ3v) is 2.96. The molecule has 1 spiro atoms. The molecule has 0 amide bonds. The van der Waals surface area contributed by atoms with Crippen LogP contribution >= 0.6 is 0 Å². The predicted octanol–water partition coefficient (Wildman–Crippen LogP) is 1.57. The van der Waals surface area contributed by atoms with Gasteiger partial charge in [0.25, 0.3) is 0 Å². The summed E-state index contributed by atoms with van der Waals surface area (Å²) < 4.78 is 11.4. The second-order valence-electron chi connectivity index (χ2n) is 4.27. The Morgan fingerprint density at radius 2 is 2.29 bits per heavy atom. The van der Waals surface area contributed by atoms with Crippen LogP contribution in [0.5, 0.6) is 0 Å². The SMILES string of the molecule is CC#CC#CC=C1CCC2(CCC(O)CO2)O1. The molecule has 0 aromatic heterocycles. The molecule has 2 rings (SSSR count). The molecule has 3 heteroatoms. The average molecular weight is 232 g/mol. The van der Waals surface area contributed by atoms with Crippen molar-refractivity contribution < 1.29 is 14.6 Å². The second kappa shape index (κ2) is 5.27. The molecule has 2 unspecified atom stereocenters. The van der Waals surface area contributed by atoms with Crippen LogP contribution in [0.15, 0.2) is 11.8 Å². The number of rotatable bonds is 0. The summed E-state index contributed by atoms with van der Waals surface area (Å²) in [6.07, 6.45) is 4.57. The van der Waals surface area contributed by atoms with Crippen LogP contribution in [0.3, 0.4) is 0 Å². The van der Waals surface area contributed by atoms with E-state index >= 15 is 0 Å². The van der Waals surface area contributed by atoms with Gasteiger partial charge in [-0.05, 0) is 25.2 Å². The summed E-state index contributed by atoms with van der Waals surface area (Å²) in [6.45, 7) is 2.12. The molecular formula is C14H16O3. The molecule has 2 fully saturated rings. The normalized spacial score (nSPS) is 33.5. The molecule has 3 nitrogen and oxygen atoms in total. The molecule has 90 valence electrons. The van der Waals surface area contributed by atoms with E-state index in [-0.39, 0.29) is 6.10 Å². The Kier molecular flexibility index (Phi) is 3.74. The van der Waals surface area contributed by atoms with Gasteiger partial charge in [0.05, 0.1) is 12.7 Å². The summed E-state index contributed by atoms with van der Waals surface area (Å²) in [4.78, 5) is 0. The number of hydrogen-bond acceptors (Lipinski definition) is 3. The van der Waals surface area contributed by atoms with Gasteiger partial charge in [0, 0.05) is 25.3 Å². The van der Waals surface area contributed by atoms with E-state index in [2.05, 4.69) is 23.7 Å². The van der Waals surface area contributed by atoms with Gasteiger partial charge < -0.3 is 14.6 Å². The minimum absolute atomic E-state index is 0.350. The molecule has 0 bridgehead atoms.